The van der Waals surface area contributed by atoms with Gasteiger partial charge in [0, 0.05) is 33.0 Å². The van der Waals surface area contributed by atoms with E-state index in [1.807, 2.05) is 31.2 Å². The van der Waals surface area contributed by atoms with Crippen LogP contribution in [0.25, 0.3) is 0 Å². The SMILES string of the molecule is CN=C(NCc1ccc(COC)cc1)NC(C)CCS(C)(=O)=O.I. The third-order valence-corrected chi connectivity index (χ3v) is 4.30. The molecule has 6 nitrogen and oxygen atoms in total. The van der Waals surface area contributed by atoms with Crippen molar-refractivity contribution in [3.05, 3.63) is 35.4 Å². The zero-order valence-corrected chi connectivity index (χ0v) is 17.9. The molecule has 0 aliphatic rings. The van der Waals surface area contributed by atoms with E-state index in [9.17, 15) is 8.42 Å². The van der Waals surface area contributed by atoms with E-state index in [4.69, 9.17) is 4.74 Å². The van der Waals surface area contributed by atoms with Crippen LogP contribution in [0.1, 0.15) is 24.5 Å². The minimum absolute atomic E-state index is 0. The second kappa shape index (κ2) is 11.6. The molecule has 8 heteroatoms. The van der Waals surface area contributed by atoms with Gasteiger partial charge < -0.3 is 15.4 Å². The van der Waals surface area contributed by atoms with Gasteiger partial charge in [0.25, 0.3) is 0 Å². The number of methoxy groups -OCH3 is 1. The van der Waals surface area contributed by atoms with E-state index in [1.54, 1.807) is 14.2 Å². The van der Waals surface area contributed by atoms with Gasteiger partial charge in [-0.3, -0.25) is 4.99 Å². The summed E-state index contributed by atoms with van der Waals surface area (Å²) in [6, 6.07) is 8.18. The zero-order chi connectivity index (χ0) is 17.3. The van der Waals surface area contributed by atoms with Crippen LogP contribution in [0.4, 0.5) is 0 Å². The zero-order valence-electron chi connectivity index (χ0n) is 14.7. The maximum Gasteiger partial charge on any atom is 0.191 e. The molecule has 0 fully saturated rings. The Labute approximate surface area is 162 Å². The van der Waals surface area contributed by atoms with Crippen molar-refractivity contribution in [1.82, 2.24) is 10.6 Å². The van der Waals surface area contributed by atoms with Gasteiger partial charge in [-0.15, -0.1) is 24.0 Å². The number of halogens is 1. The first-order valence-corrected chi connectivity index (χ1v) is 9.61. The molecule has 138 valence electrons. The molecule has 0 bridgehead atoms. The van der Waals surface area contributed by atoms with Crippen LogP contribution in [0.5, 0.6) is 0 Å². The average Bonchev–Trinajstić information content (AvgIpc) is 2.50. The van der Waals surface area contributed by atoms with Crippen LogP contribution in [0.3, 0.4) is 0 Å². The number of hydrogen-bond donors (Lipinski definition) is 2. The number of nitrogens with one attached hydrogen (secondary N) is 2. The Morgan fingerprint density at radius 1 is 1.25 bits per heavy atom. The van der Waals surface area contributed by atoms with E-state index in [-0.39, 0.29) is 35.8 Å². The largest absolute Gasteiger partial charge is 0.380 e. The van der Waals surface area contributed by atoms with Gasteiger partial charge in [0.1, 0.15) is 9.84 Å². The molecule has 0 aromatic heterocycles. The predicted molar refractivity (Wildman–Crippen MR) is 110 cm³/mol. The summed E-state index contributed by atoms with van der Waals surface area (Å²) in [6.45, 7) is 3.19. The lowest BCUT2D eigenvalue weighted by molar-refractivity contribution is 0.185. The molecule has 0 spiro atoms. The molecule has 1 rings (SSSR count). The highest BCUT2D eigenvalue weighted by Gasteiger charge is 2.09. The van der Waals surface area contributed by atoms with E-state index in [2.05, 4.69) is 15.6 Å². The topological polar surface area (TPSA) is 79.8 Å². The highest BCUT2D eigenvalue weighted by molar-refractivity contribution is 14.0. The van der Waals surface area contributed by atoms with E-state index >= 15 is 0 Å². The molecular weight excluding hydrogens is 441 g/mol. The van der Waals surface area contributed by atoms with Gasteiger partial charge in [-0.2, -0.15) is 0 Å². The molecule has 0 saturated carbocycles. The first-order chi connectivity index (χ1) is 10.8. The van der Waals surface area contributed by atoms with Crippen molar-refractivity contribution in [3.63, 3.8) is 0 Å². The Kier molecular flexibility index (Phi) is 11.2. The number of benzene rings is 1. The maximum absolute atomic E-state index is 11.2. The highest BCUT2D eigenvalue weighted by atomic mass is 127. The Morgan fingerprint density at radius 3 is 2.33 bits per heavy atom. The molecule has 0 amide bonds. The van der Waals surface area contributed by atoms with Crippen molar-refractivity contribution >= 4 is 39.8 Å². The van der Waals surface area contributed by atoms with Gasteiger partial charge in [-0.25, -0.2) is 8.42 Å². The summed E-state index contributed by atoms with van der Waals surface area (Å²) in [6.07, 6.45) is 1.80. The van der Waals surface area contributed by atoms with Crippen LogP contribution in [-0.4, -0.2) is 46.6 Å². The van der Waals surface area contributed by atoms with E-state index in [1.165, 1.54) is 6.26 Å². The minimum atomic E-state index is -2.94. The van der Waals surface area contributed by atoms with Crippen molar-refractivity contribution in [2.24, 2.45) is 4.99 Å². The van der Waals surface area contributed by atoms with Crippen LogP contribution in [0.2, 0.25) is 0 Å². The first kappa shape index (κ1) is 23.1. The van der Waals surface area contributed by atoms with Gasteiger partial charge in [0.15, 0.2) is 5.96 Å². The minimum Gasteiger partial charge on any atom is -0.380 e. The highest BCUT2D eigenvalue weighted by Crippen LogP contribution is 2.05. The monoisotopic (exact) mass is 469 g/mol. The van der Waals surface area contributed by atoms with Crippen LogP contribution in [-0.2, 0) is 27.7 Å². The van der Waals surface area contributed by atoms with Gasteiger partial charge in [-0.1, -0.05) is 24.3 Å². The summed E-state index contributed by atoms with van der Waals surface area (Å²) < 4.78 is 27.5. The van der Waals surface area contributed by atoms with Crippen molar-refractivity contribution in [3.8, 4) is 0 Å². The van der Waals surface area contributed by atoms with Gasteiger partial charge in [-0.05, 0) is 24.5 Å². The molecule has 1 aromatic rings. The third kappa shape index (κ3) is 10.1. The predicted octanol–water partition coefficient (Wildman–Crippen LogP) is 1.94. The van der Waals surface area contributed by atoms with Gasteiger partial charge >= 0.3 is 0 Å². The van der Waals surface area contributed by atoms with Gasteiger partial charge in [0.2, 0.25) is 0 Å². The Balaban J connectivity index is 0.00000529. The normalized spacial score (nSPS) is 13.1. The quantitative estimate of drug-likeness (QED) is 0.346. The van der Waals surface area contributed by atoms with E-state index < -0.39 is 9.84 Å². The second-order valence-electron chi connectivity index (χ2n) is 5.64. The molecular formula is C16H28IN3O3S. The number of ether oxygens (including phenoxy) is 1. The number of guanidine groups is 1. The molecule has 1 aromatic carbocycles. The van der Waals surface area contributed by atoms with E-state index in [0.717, 1.165) is 11.1 Å². The second-order valence-corrected chi connectivity index (χ2v) is 7.90. The molecule has 0 aliphatic heterocycles. The Morgan fingerprint density at radius 2 is 1.83 bits per heavy atom. The van der Waals surface area contributed by atoms with E-state index in [0.29, 0.717) is 25.5 Å². The third-order valence-electron chi connectivity index (χ3n) is 3.32. The number of aliphatic imine (C=N–C) groups is 1. The molecule has 1 atom stereocenters. The summed E-state index contributed by atoms with van der Waals surface area (Å²) in [7, 11) is 0.435. The van der Waals surface area contributed by atoms with Crippen LogP contribution >= 0.6 is 24.0 Å². The van der Waals surface area contributed by atoms with Crippen LogP contribution in [0, 0.1) is 0 Å². The summed E-state index contributed by atoms with van der Waals surface area (Å²) in [5.41, 5.74) is 2.27. The Hall–Kier alpha value is -0.870. The van der Waals surface area contributed by atoms with Crippen molar-refractivity contribution in [2.45, 2.75) is 32.5 Å². The van der Waals surface area contributed by atoms with Crippen molar-refractivity contribution < 1.29 is 13.2 Å². The average molecular weight is 469 g/mol. The summed E-state index contributed by atoms with van der Waals surface area (Å²) in [5.74, 6) is 0.825. The van der Waals surface area contributed by atoms with Crippen LogP contribution in [0.15, 0.2) is 29.3 Å². The fourth-order valence-electron chi connectivity index (χ4n) is 2.00. The lowest BCUT2D eigenvalue weighted by Gasteiger charge is -2.17. The number of nitrogens with zero attached hydrogens (tertiary/aromatic N) is 1. The standard InChI is InChI=1S/C16H27N3O3S.HI/c1-13(9-10-23(4,20)21)19-16(17-2)18-11-14-5-7-15(8-6-14)12-22-3;/h5-8,13H,9-12H2,1-4H3,(H2,17,18,19);1H. The first-order valence-electron chi connectivity index (χ1n) is 7.55. The summed E-state index contributed by atoms with van der Waals surface area (Å²) in [5, 5.41) is 6.42. The number of rotatable bonds is 8. The Bertz CT molecular complexity index is 603. The van der Waals surface area contributed by atoms with Crippen LogP contribution < -0.4 is 10.6 Å². The summed E-state index contributed by atoms with van der Waals surface area (Å²) in [4.78, 5) is 4.16. The molecule has 0 heterocycles. The van der Waals surface area contributed by atoms with Gasteiger partial charge in [0.05, 0.1) is 12.4 Å². The molecule has 0 aliphatic carbocycles. The molecule has 0 radical (unpaired) electrons. The number of sulfone groups is 1. The molecule has 0 saturated heterocycles. The molecule has 24 heavy (non-hydrogen) atoms. The lowest BCUT2D eigenvalue weighted by Crippen LogP contribution is -2.42. The maximum atomic E-state index is 11.2. The smallest absolute Gasteiger partial charge is 0.191 e. The fraction of sp³-hybridized carbons (Fsp3) is 0.562. The summed E-state index contributed by atoms with van der Waals surface area (Å²) >= 11 is 0. The lowest BCUT2D eigenvalue weighted by atomic mass is 10.1. The number of hydrogen-bond acceptors (Lipinski definition) is 4. The molecule has 1 unspecified atom stereocenters. The van der Waals surface area contributed by atoms with Crippen molar-refractivity contribution in [2.75, 3.05) is 26.2 Å². The fourth-order valence-corrected chi connectivity index (χ4v) is 2.78. The molecule has 2 N–H and O–H groups in total. The van der Waals surface area contributed by atoms with Crippen molar-refractivity contribution in [1.29, 1.82) is 0 Å².